The van der Waals surface area contributed by atoms with Gasteiger partial charge >= 0.3 is 0 Å². The molecule has 2 heterocycles. The Bertz CT molecular complexity index is 546. The molecule has 0 saturated carbocycles. The first kappa shape index (κ1) is 15.8. The number of fused-ring (bicyclic) bond motifs is 1. The smallest absolute Gasteiger partial charge is 0.226 e. The lowest BCUT2D eigenvalue weighted by Gasteiger charge is -2.09. The van der Waals surface area contributed by atoms with Crippen LogP contribution in [-0.2, 0) is 0 Å². The molecule has 4 N–H and O–H groups in total. The highest BCUT2D eigenvalue weighted by Gasteiger charge is 2.08. The van der Waals surface area contributed by atoms with E-state index in [0.29, 0.717) is 5.95 Å². The van der Waals surface area contributed by atoms with Crippen molar-refractivity contribution in [2.75, 3.05) is 41.8 Å². The van der Waals surface area contributed by atoms with Crippen molar-refractivity contribution in [3.63, 3.8) is 0 Å². The van der Waals surface area contributed by atoms with Gasteiger partial charge in [-0.3, -0.25) is 5.10 Å². The third-order valence-electron chi connectivity index (χ3n) is 2.83. The van der Waals surface area contributed by atoms with Gasteiger partial charge in [0.25, 0.3) is 0 Å². The second-order valence-electron chi connectivity index (χ2n) is 4.57. The number of nitrogens with zero attached hydrogens (tertiary/aromatic N) is 3. The van der Waals surface area contributed by atoms with Gasteiger partial charge in [-0.15, -0.1) is 0 Å². The Hall–Kier alpha value is -1.54. The number of aromatic nitrogens is 4. The summed E-state index contributed by atoms with van der Waals surface area (Å²) in [6.07, 6.45) is 3.60. The normalized spacial score (nSPS) is 11.0. The van der Waals surface area contributed by atoms with Gasteiger partial charge in [0.1, 0.15) is 5.82 Å². The molecule has 0 saturated heterocycles. The fourth-order valence-corrected chi connectivity index (χ4v) is 2.58. The topological polar surface area (TPSA) is 98.8 Å². The van der Waals surface area contributed by atoms with Crippen molar-refractivity contribution in [3.05, 3.63) is 6.20 Å². The maximum absolute atomic E-state index is 8.73. The Balaban J connectivity index is 1.95. The summed E-state index contributed by atoms with van der Waals surface area (Å²) in [5.74, 6) is 3.37. The summed E-state index contributed by atoms with van der Waals surface area (Å²) in [7, 11) is 0. The van der Waals surface area contributed by atoms with E-state index in [1.807, 2.05) is 11.8 Å². The zero-order chi connectivity index (χ0) is 14.9. The number of nitrogens with one attached hydrogen (secondary N) is 3. The predicted octanol–water partition coefficient (Wildman–Crippen LogP) is 1.70. The van der Waals surface area contributed by atoms with E-state index in [1.165, 1.54) is 0 Å². The van der Waals surface area contributed by atoms with E-state index >= 15 is 0 Å². The maximum Gasteiger partial charge on any atom is 0.226 e. The molecule has 0 spiro atoms. The molecule has 116 valence electrons. The highest BCUT2D eigenvalue weighted by Crippen LogP contribution is 2.19. The number of aromatic amines is 1. The number of rotatable bonds is 10. The molecule has 2 aromatic heterocycles. The van der Waals surface area contributed by atoms with Gasteiger partial charge in [-0.1, -0.05) is 6.92 Å². The van der Waals surface area contributed by atoms with Crippen LogP contribution in [0.5, 0.6) is 0 Å². The van der Waals surface area contributed by atoms with Crippen LogP contribution in [0.2, 0.25) is 0 Å². The first-order valence-electron chi connectivity index (χ1n) is 7.22. The number of hydrogen-bond donors (Lipinski definition) is 4. The summed E-state index contributed by atoms with van der Waals surface area (Å²) in [6.45, 7) is 4.02. The Morgan fingerprint density at radius 3 is 2.95 bits per heavy atom. The van der Waals surface area contributed by atoms with Gasteiger partial charge < -0.3 is 15.7 Å². The van der Waals surface area contributed by atoms with Crippen molar-refractivity contribution in [2.45, 2.75) is 19.8 Å². The third-order valence-corrected chi connectivity index (χ3v) is 3.90. The molecule has 0 fully saturated rings. The largest absolute Gasteiger partial charge is 0.396 e. The number of thioether (sulfide) groups is 1. The second kappa shape index (κ2) is 8.68. The number of aliphatic hydroxyl groups excluding tert-OH is 1. The number of aliphatic hydroxyl groups is 1. The molecule has 0 unspecified atom stereocenters. The minimum Gasteiger partial charge on any atom is -0.396 e. The first-order chi connectivity index (χ1) is 10.3. The molecular formula is C13H22N6OS. The van der Waals surface area contributed by atoms with Gasteiger partial charge in [0.05, 0.1) is 11.6 Å². The average molecular weight is 310 g/mol. The summed E-state index contributed by atoms with van der Waals surface area (Å²) < 4.78 is 0. The minimum atomic E-state index is 0.258. The van der Waals surface area contributed by atoms with Gasteiger partial charge in [0, 0.05) is 25.4 Å². The fraction of sp³-hybridized carbons (Fsp3) is 0.615. The van der Waals surface area contributed by atoms with E-state index in [2.05, 4.69) is 37.7 Å². The van der Waals surface area contributed by atoms with Gasteiger partial charge in [-0.25, -0.2) is 0 Å². The zero-order valence-corrected chi connectivity index (χ0v) is 13.0. The fourth-order valence-electron chi connectivity index (χ4n) is 1.80. The van der Waals surface area contributed by atoms with Crippen molar-refractivity contribution < 1.29 is 5.11 Å². The molecule has 0 radical (unpaired) electrons. The number of H-pyrrole nitrogens is 1. The van der Waals surface area contributed by atoms with Crippen molar-refractivity contribution >= 4 is 34.6 Å². The van der Waals surface area contributed by atoms with Gasteiger partial charge in [0.2, 0.25) is 5.95 Å². The van der Waals surface area contributed by atoms with Crippen LogP contribution in [0.25, 0.3) is 11.0 Å². The third kappa shape index (κ3) is 4.75. The molecular weight excluding hydrogens is 288 g/mol. The van der Waals surface area contributed by atoms with Crippen molar-refractivity contribution in [2.24, 2.45) is 0 Å². The van der Waals surface area contributed by atoms with Crippen molar-refractivity contribution in [1.82, 2.24) is 20.2 Å². The molecule has 2 rings (SSSR count). The van der Waals surface area contributed by atoms with Crippen molar-refractivity contribution in [1.29, 1.82) is 0 Å². The quantitative estimate of drug-likeness (QED) is 0.496. The molecule has 0 aliphatic carbocycles. The summed E-state index contributed by atoms with van der Waals surface area (Å²) in [4.78, 5) is 8.89. The van der Waals surface area contributed by atoms with E-state index in [1.54, 1.807) is 6.20 Å². The summed E-state index contributed by atoms with van der Waals surface area (Å²) in [5.41, 5.74) is 0.735. The number of anilines is 2. The van der Waals surface area contributed by atoms with Crippen LogP contribution in [-0.4, -0.2) is 56.5 Å². The molecule has 0 bridgehead atoms. The highest BCUT2D eigenvalue weighted by atomic mass is 32.2. The van der Waals surface area contributed by atoms with E-state index < -0.39 is 0 Å². The van der Waals surface area contributed by atoms with Crippen LogP contribution in [0.4, 0.5) is 11.8 Å². The highest BCUT2D eigenvalue weighted by molar-refractivity contribution is 7.99. The van der Waals surface area contributed by atoms with Crippen LogP contribution in [0.15, 0.2) is 6.20 Å². The first-order valence-corrected chi connectivity index (χ1v) is 8.38. The standard InChI is InChI=1S/C13H22N6OS/c1-2-4-15-13-17-11(10-9-16-19-12(10)18-13)14-5-8-21-7-3-6-20/h9,20H,2-8H2,1H3,(H3,14,15,16,17,18,19). The summed E-state index contributed by atoms with van der Waals surface area (Å²) in [5, 5.41) is 23.1. The van der Waals surface area contributed by atoms with Crippen LogP contribution >= 0.6 is 11.8 Å². The van der Waals surface area contributed by atoms with Crippen LogP contribution in [0, 0.1) is 0 Å². The Labute approximate surface area is 128 Å². The number of hydrogen-bond acceptors (Lipinski definition) is 7. The zero-order valence-electron chi connectivity index (χ0n) is 12.2. The van der Waals surface area contributed by atoms with Crippen LogP contribution in [0.1, 0.15) is 19.8 Å². The molecule has 0 aromatic carbocycles. The molecule has 0 atom stereocenters. The maximum atomic E-state index is 8.73. The van der Waals surface area contributed by atoms with Crippen LogP contribution < -0.4 is 10.6 Å². The van der Waals surface area contributed by atoms with Gasteiger partial charge in [-0.05, 0) is 18.6 Å². The SMILES string of the molecule is CCCNc1nc(NCCSCCCO)c2cn[nH]c2n1. The molecule has 0 aliphatic rings. The van der Waals surface area contributed by atoms with E-state index in [-0.39, 0.29) is 6.61 Å². The van der Waals surface area contributed by atoms with E-state index in [9.17, 15) is 0 Å². The van der Waals surface area contributed by atoms with Gasteiger partial charge in [-0.2, -0.15) is 26.8 Å². The van der Waals surface area contributed by atoms with Gasteiger partial charge in [0.15, 0.2) is 5.65 Å². The molecule has 21 heavy (non-hydrogen) atoms. The summed E-state index contributed by atoms with van der Waals surface area (Å²) >= 11 is 1.82. The molecule has 8 heteroatoms. The predicted molar refractivity (Wildman–Crippen MR) is 88.0 cm³/mol. The molecule has 7 nitrogen and oxygen atoms in total. The molecule has 0 aliphatic heterocycles. The monoisotopic (exact) mass is 310 g/mol. The summed E-state index contributed by atoms with van der Waals surface area (Å²) in [6, 6.07) is 0. The second-order valence-corrected chi connectivity index (χ2v) is 5.80. The lowest BCUT2D eigenvalue weighted by Crippen LogP contribution is -2.10. The Morgan fingerprint density at radius 2 is 2.14 bits per heavy atom. The Morgan fingerprint density at radius 1 is 1.24 bits per heavy atom. The molecule has 0 amide bonds. The van der Waals surface area contributed by atoms with E-state index in [4.69, 9.17) is 5.11 Å². The van der Waals surface area contributed by atoms with E-state index in [0.717, 1.165) is 54.3 Å². The Kier molecular flexibility index (Phi) is 6.55. The lowest BCUT2D eigenvalue weighted by molar-refractivity contribution is 0.296. The van der Waals surface area contributed by atoms with Crippen molar-refractivity contribution in [3.8, 4) is 0 Å². The lowest BCUT2D eigenvalue weighted by atomic mass is 10.4. The average Bonchev–Trinajstić information content (AvgIpc) is 2.97. The minimum absolute atomic E-state index is 0.258. The molecule has 2 aromatic rings. The van der Waals surface area contributed by atoms with Crippen LogP contribution in [0.3, 0.4) is 0 Å².